The number of nitrogens with zero attached hydrogens (tertiary/aromatic N) is 2. The number of alkyl halides is 2. The molecule has 6 nitrogen and oxygen atoms in total. The average molecular weight is 320 g/mol. The van der Waals surface area contributed by atoms with Gasteiger partial charge in [-0.1, -0.05) is 0 Å². The van der Waals surface area contributed by atoms with E-state index < -0.39 is 42.1 Å². The second-order valence-electron chi connectivity index (χ2n) is 6.81. The Balaban J connectivity index is 2.07. The Bertz CT molecular complexity index is 445. The van der Waals surface area contributed by atoms with E-state index in [4.69, 9.17) is 4.74 Å². The molecule has 126 valence electrons. The molecule has 8 heteroatoms. The maximum Gasteiger partial charge on any atom is 0.411 e. The van der Waals surface area contributed by atoms with E-state index in [9.17, 15) is 23.5 Å². The van der Waals surface area contributed by atoms with Crippen molar-refractivity contribution in [2.24, 2.45) is 0 Å². The quantitative estimate of drug-likeness (QED) is 0.778. The van der Waals surface area contributed by atoms with Crippen LogP contribution < -0.4 is 0 Å². The fourth-order valence-electron chi connectivity index (χ4n) is 2.69. The molecule has 2 aliphatic rings. The average Bonchev–Trinajstić information content (AvgIpc) is 2.91. The lowest BCUT2D eigenvalue weighted by Gasteiger charge is -2.29. The SMILES string of the molecule is CC(C)(C)OC(=O)N1C[C@H](O)C[C@H]1C(=O)N1C[C@@H](F)[C@@H](F)C1. The highest BCUT2D eigenvalue weighted by Gasteiger charge is 2.45. The van der Waals surface area contributed by atoms with E-state index in [1.54, 1.807) is 20.8 Å². The standard InChI is InChI=1S/C14H22F2N2O4/c1-14(2,3)22-13(21)18-5-8(19)4-11(18)12(20)17-6-9(15)10(16)7-17/h8-11,19H,4-7H2,1-3H3/t8-,9-,10+,11+/m1/s1. The predicted molar refractivity (Wildman–Crippen MR) is 73.7 cm³/mol. The molecular formula is C14H22F2N2O4. The van der Waals surface area contributed by atoms with E-state index in [0.29, 0.717) is 0 Å². The first-order chi connectivity index (χ1) is 10.1. The second-order valence-corrected chi connectivity index (χ2v) is 6.81. The number of halogens is 2. The maximum absolute atomic E-state index is 13.2. The van der Waals surface area contributed by atoms with Crippen LogP contribution in [-0.4, -0.2) is 76.6 Å². The largest absolute Gasteiger partial charge is 0.444 e. The van der Waals surface area contributed by atoms with Crippen LogP contribution in [0.3, 0.4) is 0 Å². The maximum atomic E-state index is 13.2. The predicted octanol–water partition coefficient (Wildman–Crippen LogP) is 0.875. The summed E-state index contributed by atoms with van der Waals surface area (Å²) in [5.41, 5.74) is -0.736. The minimum Gasteiger partial charge on any atom is -0.444 e. The summed E-state index contributed by atoms with van der Waals surface area (Å²) in [5, 5.41) is 9.74. The molecule has 0 aromatic heterocycles. The lowest BCUT2D eigenvalue weighted by atomic mass is 10.1. The molecule has 0 unspecified atom stereocenters. The first-order valence-electron chi connectivity index (χ1n) is 7.33. The van der Waals surface area contributed by atoms with E-state index >= 15 is 0 Å². The molecule has 22 heavy (non-hydrogen) atoms. The fraction of sp³-hybridized carbons (Fsp3) is 0.857. The van der Waals surface area contributed by atoms with Crippen LogP contribution in [0.5, 0.6) is 0 Å². The summed E-state index contributed by atoms with van der Waals surface area (Å²) in [4.78, 5) is 26.7. The van der Waals surface area contributed by atoms with Crippen LogP contribution in [0.2, 0.25) is 0 Å². The lowest BCUT2D eigenvalue weighted by molar-refractivity contribution is -0.135. The first-order valence-corrected chi connectivity index (χ1v) is 7.33. The van der Waals surface area contributed by atoms with Crippen LogP contribution in [0.1, 0.15) is 27.2 Å². The Morgan fingerprint density at radius 1 is 1.14 bits per heavy atom. The molecule has 2 rings (SSSR count). The van der Waals surface area contributed by atoms with Crippen LogP contribution in [0, 0.1) is 0 Å². The van der Waals surface area contributed by atoms with Crippen molar-refractivity contribution >= 4 is 12.0 Å². The van der Waals surface area contributed by atoms with Gasteiger partial charge in [0.1, 0.15) is 11.6 Å². The third-order valence-corrected chi connectivity index (χ3v) is 3.69. The van der Waals surface area contributed by atoms with Gasteiger partial charge in [0.25, 0.3) is 0 Å². The van der Waals surface area contributed by atoms with Crippen molar-refractivity contribution in [2.75, 3.05) is 19.6 Å². The van der Waals surface area contributed by atoms with Crippen molar-refractivity contribution in [3.05, 3.63) is 0 Å². The molecule has 2 amide bonds. The molecule has 0 spiro atoms. The number of aliphatic hydroxyl groups is 1. The van der Waals surface area contributed by atoms with Gasteiger partial charge in [0, 0.05) is 6.42 Å². The van der Waals surface area contributed by atoms with Crippen LogP contribution in [0.15, 0.2) is 0 Å². The number of hydrogen-bond donors (Lipinski definition) is 1. The number of aliphatic hydroxyl groups excluding tert-OH is 1. The van der Waals surface area contributed by atoms with Crippen LogP contribution in [-0.2, 0) is 9.53 Å². The number of likely N-dealkylation sites (tertiary alicyclic amines) is 2. The van der Waals surface area contributed by atoms with Gasteiger partial charge >= 0.3 is 6.09 Å². The number of carbonyl (C=O) groups is 2. The molecular weight excluding hydrogens is 298 g/mol. The summed E-state index contributed by atoms with van der Waals surface area (Å²) in [6.45, 7) is 4.39. The minimum atomic E-state index is -1.70. The Kier molecular flexibility index (Phi) is 4.60. The normalized spacial score (nSPS) is 32.5. The Labute approximate surface area is 128 Å². The van der Waals surface area contributed by atoms with Gasteiger partial charge in [-0.05, 0) is 20.8 Å². The van der Waals surface area contributed by atoms with E-state index in [1.807, 2.05) is 0 Å². The van der Waals surface area contributed by atoms with Gasteiger partial charge in [-0.25, -0.2) is 13.6 Å². The molecule has 4 atom stereocenters. The van der Waals surface area contributed by atoms with Gasteiger partial charge in [0.05, 0.1) is 25.7 Å². The lowest BCUT2D eigenvalue weighted by Crippen LogP contribution is -2.48. The molecule has 1 N–H and O–H groups in total. The highest BCUT2D eigenvalue weighted by Crippen LogP contribution is 2.25. The summed E-state index contributed by atoms with van der Waals surface area (Å²) >= 11 is 0. The highest BCUT2D eigenvalue weighted by molar-refractivity contribution is 5.86. The van der Waals surface area contributed by atoms with E-state index in [0.717, 1.165) is 9.80 Å². The molecule has 2 heterocycles. The van der Waals surface area contributed by atoms with Crippen LogP contribution in [0.4, 0.5) is 13.6 Å². The topological polar surface area (TPSA) is 70.1 Å². The summed E-state index contributed by atoms with van der Waals surface area (Å²) in [5.74, 6) is -0.551. The molecule has 0 aromatic rings. The highest BCUT2D eigenvalue weighted by atomic mass is 19.2. The number of rotatable bonds is 1. The molecule has 2 saturated heterocycles. The van der Waals surface area contributed by atoms with Gasteiger partial charge in [0.15, 0.2) is 12.3 Å². The number of carbonyl (C=O) groups excluding carboxylic acids is 2. The van der Waals surface area contributed by atoms with Crippen LogP contribution >= 0.6 is 0 Å². The number of hydrogen-bond acceptors (Lipinski definition) is 4. The van der Waals surface area contributed by atoms with Gasteiger partial charge in [0.2, 0.25) is 5.91 Å². The Morgan fingerprint density at radius 3 is 2.18 bits per heavy atom. The van der Waals surface area contributed by atoms with Gasteiger partial charge in [-0.15, -0.1) is 0 Å². The number of β-amino-alcohol motifs (C(OH)–C–C–N with tert-alkyl or cyclic N) is 1. The van der Waals surface area contributed by atoms with Crippen molar-refractivity contribution in [2.45, 2.75) is 57.3 Å². The Hall–Kier alpha value is -1.44. The van der Waals surface area contributed by atoms with Gasteiger partial charge in [-0.2, -0.15) is 0 Å². The van der Waals surface area contributed by atoms with E-state index in [-0.39, 0.29) is 26.1 Å². The summed E-state index contributed by atoms with van der Waals surface area (Å²) < 4.78 is 31.7. The monoisotopic (exact) mass is 320 g/mol. The van der Waals surface area contributed by atoms with Gasteiger partial charge < -0.3 is 14.7 Å². The number of amides is 2. The molecule has 0 saturated carbocycles. The first kappa shape index (κ1) is 16.9. The van der Waals surface area contributed by atoms with E-state index in [1.165, 1.54) is 0 Å². The zero-order chi connectivity index (χ0) is 16.7. The summed E-state index contributed by atoms with van der Waals surface area (Å²) in [7, 11) is 0. The van der Waals surface area contributed by atoms with Crippen LogP contribution in [0.25, 0.3) is 0 Å². The molecule has 0 aromatic carbocycles. The Morgan fingerprint density at radius 2 is 1.68 bits per heavy atom. The smallest absolute Gasteiger partial charge is 0.411 e. The molecule has 2 aliphatic heterocycles. The number of ether oxygens (including phenoxy) is 1. The van der Waals surface area contributed by atoms with Gasteiger partial charge in [-0.3, -0.25) is 9.69 Å². The van der Waals surface area contributed by atoms with E-state index in [2.05, 4.69) is 0 Å². The fourth-order valence-corrected chi connectivity index (χ4v) is 2.69. The summed E-state index contributed by atoms with van der Waals surface area (Å²) in [6, 6.07) is -0.942. The molecule has 0 bridgehead atoms. The third-order valence-electron chi connectivity index (χ3n) is 3.69. The molecule has 0 radical (unpaired) electrons. The van der Waals surface area contributed by atoms with Crippen molar-refractivity contribution in [1.82, 2.24) is 9.80 Å². The second kappa shape index (κ2) is 5.98. The molecule has 2 fully saturated rings. The third kappa shape index (κ3) is 3.66. The zero-order valence-electron chi connectivity index (χ0n) is 13.0. The zero-order valence-corrected chi connectivity index (χ0v) is 13.0. The van der Waals surface area contributed by atoms with Crippen molar-refractivity contribution in [3.63, 3.8) is 0 Å². The summed E-state index contributed by atoms with van der Waals surface area (Å²) in [6.07, 6.45) is -4.93. The van der Waals surface area contributed by atoms with Crippen molar-refractivity contribution in [1.29, 1.82) is 0 Å². The van der Waals surface area contributed by atoms with Crippen molar-refractivity contribution < 1.29 is 28.2 Å². The van der Waals surface area contributed by atoms with Crippen molar-refractivity contribution in [3.8, 4) is 0 Å². The minimum absolute atomic E-state index is 0.0305. The molecule has 0 aliphatic carbocycles.